The zero-order valence-electron chi connectivity index (χ0n) is 8.36. The van der Waals surface area contributed by atoms with Crippen molar-refractivity contribution in [2.45, 2.75) is 44.2 Å². The van der Waals surface area contributed by atoms with Crippen LogP contribution in [0.25, 0.3) is 0 Å². The van der Waals surface area contributed by atoms with Crippen LogP contribution in [0, 0.1) is 11.8 Å². The average Bonchev–Trinajstić information content (AvgIpc) is 2.38. The molecule has 0 aliphatic heterocycles. The Morgan fingerprint density at radius 3 is 2.29 bits per heavy atom. The van der Waals surface area contributed by atoms with Crippen LogP contribution in [-0.2, 0) is 0 Å². The van der Waals surface area contributed by atoms with Crippen molar-refractivity contribution in [3.63, 3.8) is 0 Å². The highest BCUT2D eigenvalue weighted by molar-refractivity contribution is 5.65. The van der Waals surface area contributed by atoms with Gasteiger partial charge < -0.3 is 15.5 Å². The Bertz CT molecular complexity index is 240. The first-order chi connectivity index (χ1) is 6.48. The Balaban J connectivity index is 1.99. The lowest BCUT2D eigenvalue weighted by molar-refractivity contribution is 0.158. The SMILES string of the molecule is CC1(NC(=O)O)C[C@H]2C[C@@H](O)C[C@H]2C1. The van der Waals surface area contributed by atoms with Gasteiger partial charge in [0.05, 0.1) is 6.10 Å². The molecule has 14 heavy (non-hydrogen) atoms. The van der Waals surface area contributed by atoms with E-state index in [9.17, 15) is 9.90 Å². The van der Waals surface area contributed by atoms with Gasteiger partial charge in [-0.2, -0.15) is 0 Å². The van der Waals surface area contributed by atoms with E-state index in [-0.39, 0.29) is 11.6 Å². The second-order valence-electron chi connectivity index (χ2n) is 5.04. The lowest BCUT2D eigenvalue weighted by Crippen LogP contribution is -2.43. The van der Waals surface area contributed by atoms with Crippen LogP contribution in [0.2, 0.25) is 0 Å². The predicted molar refractivity (Wildman–Crippen MR) is 51.0 cm³/mol. The van der Waals surface area contributed by atoms with Crippen LogP contribution in [0.15, 0.2) is 0 Å². The highest BCUT2D eigenvalue weighted by Crippen LogP contribution is 2.48. The van der Waals surface area contributed by atoms with Gasteiger partial charge in [0.2, 0.25) is 0 Å². The number of amides is 1. The van der Waals surface area contributed by atoms with Crippen LogP contribution in [0.3, 0.4) is 0 Å². The molecule has 2 aliphatic carbocycles. The third kappa shape index (κ3) is 1.71. The molecule has 0 spiro atoms. The van der Waals surface area contributed by atoms with Gasteiger partial charge in [-0.15, -0.1) is 0 Å². The highest BCUT2D eigenvalue weighted by atomic mass is 16.4. The molecule has 0 radical (unpaired) electrons. The molecule has 0 aromatic heterocycles. The molecule has 1 unspecified atom stereocenters. The molecule has 2 saturated carbocycles. The molecule has 2 fully saturated rings. The molecule has 2 rings (SSSR count). The number of rotatable bonds is 1. The van der Waals surface area contributed by atoms with Crippen molar-refractivity contribution < 1.29 is 15.0 Å². The van der Waals surface area contributed by atoms with Crippen molar-refractivity contribution in [2.24, 2.45) is 11.8 Å². The number of fused-ring (bicyclic) bond motifs is 1. The van der Waals surface area contributed by atoms with E-state index in [1.165, 1.54) is 0 Å². The van der Waals surface area contributed by atoms with Gasteiger partial charge in [-0.3, -0.25) is 0 Å². The van der Waals surface area contributed by atoms with Crippen LogP contribution in [0.4, 0.5) is 4.79 Å². The summed E-state index contributed by atoms with van der Waals surface area (Å²) >= 11 is 0. The quantitative estimate of drug-likeness (QED) is 0.594. The van der Waals surface area contributed by atoms with Gasteiger partial charge in [-0.25, -0.2) is 4.79 Å². The Labute approximate surface area is 83.3 Å². The second kappa shape index (κ2) is 3.12. The summed E-state index contributed by atoms with van der Waals surface area (Å²) in [6.45, 7) is 1.96. The molecule has 4 heteroatoms. The molecule has 0 bridgehead atoms. The number of aliphatic hydroxyl groups is 1. The monoisotopic (exact) mass is 199 g/mol. The first-order valence-corrected chi connectivity index (χ1v) is 5.18. The lowest BCUT2D eigenvalue weighted by Gasteiger charge is -2.25. The third-order valence-corrected chi connectivity index (χ3v) is 3.65. The van der Waals surface area contributed by atoms with Crippen LogP contribution in [0.1, 0.15) is 32.6 Å². The maximum Gasteiger partial charge on any atom is 0.405 e. The molecule has 4 nitrogen and oxygen atoms in total. The fraction of sp³-hybridized carbons (Fsp3) is 0.900. The van der Waals surface area contributed by atoms with Gasteiger partial charge in [0.1, 0.15) is 0 Å². The van der Waals surface area contributed by atoms with Gasteiger partial charge in [0.25, 0.3) is 0 Å². The van der Waals surface area contributed by atoms with Gasteiger partial charge >= 0.3 is 6.09 Å². The standard InChI is InChI=1S/C10H17NO3/c1-10(11-9(13)14)4-6-2-8(12)3-7(6)5-10/h6-8,11-12H,2-5H2,1H3,(H,13,14)/t6-,7+,8-,10?. The third-order valence-electron chi connectivity index (χ3n) is 3.65. The summed E-state index contributed by atoms with van der Waals surface area (Å²) in [5.41, 5.74) is -0.263. The average molecular weight is 199 g/mol. The number of hydrogen-bond donors (Lipinski definition) is 3. The normalized spacial score (nSPS) is 46.3. The number of aliphatic hydroxyl groups excluding tert-OH is 1. The van der Waals surface area contributed by atoms with Crippen molar-refractivity contribution in [3.8, 4) is 0 Å². The number of carbonyl (C=O) groups is 1. The van der Waals surface area contributed by atoms with E-state index >= 15 is 0 Å². The Morgan fingerprint density at radius 2 is 1.86 bits per heavy atom. The van der Waals surface area contributed by atoms with E-state index in [0.717, 1.165) is 25.7 Å². The summed E-state index contributed by atoms with van der Waals surface area (Å²) in [4.78, 5) is 10.6. The maximum absolute atomic E-state index is 10.6. The van der Waals surface area contributed by atoms with Crippen molar-refractivity contribution in [1.82, 2.24) is 5.32 Å². The van der Waals surface area contributed by atoms with E-state index < -0.39 is 6.09 Å². The number of hydrogen-bond acceptors (Lipinski definition) is 2. The minimum absolute atomic E-state index is 0.153. The summed E-state index contributed by atoms with van der Waals surface area (Å²) < 4.78 is 0. The van der Waals surface area contributed by atoms with Crippen LogP contribution in [-0.4, -0.2) is 27.9 Å². The van der Waals surface area contributed by atoms with E-state index in [1.54, 1.807) is 0 Å². The molecule has 0 saturated heterocycles. The summed E-state index contributed by atoms with van der Waals surface area (Å²) in [6.07, 6.45) is 2.36. The number of nitrogens with one attached hydrogen (secondary N) is 1. The molecule has 1 amide bonds. The topological polar surface area (TPSA) is 69.6 Å². The molecule has 0 aromatic carbocycles. The van der Waals surface area contributed by atoms with Crippen LogP contribution in [0.5, 0.6) is 0 Å². The van der Waals surface area contributed by atoms with E-state index in [0.29, 0.717) is 11.8 Å². The Hall–Kier alpha value is -0.770. The molecule has 80 valence electrons. The molecule has 0 heterocycles. The first-order valence-electron chi connectivity index (χ1n) is 5.18. The zero-order chi connectivity index (χ0) is 10.3. The summed E-state index contributed by atoms with van der Waals surface area (Å²) in [7, 11) is 0. The zero-order valence-corrected chi connectivity index (χ0v) is 8.36. The van der Waals surface area contributed by atoms with Crippen molar-refractivity contribution in [3.05, 3.63) is 0 Å². The van der Waals surface area contributed by atoms with Crippen LogP contribution < -0.4 is 5.32 Å². The maximum atomic E-state index is 10.6. The lowest BCUT2D eigenvalue weighted by atomic mass is 9.96. The van der Waals surface area contributed by atoms with Gasteiger partial charge in [0, 0.05) is 5.54 Å². The van der Waals surface area contributed by atoms with Gasteiger partial charge in [-0.05, 0) is 44.4 Å². The minimum atomic E-state index is -0.937. The minimum Gasteiger partial charge on any atom is -0.465 e. The smallest absolute Gasteiger partial charge is 0.405 e. The molecule has 2 aliphatic rings. The Kier molecular flexibility index (Phi) is 2.18. The van der Waals surface area contributed by atoms with E-state index in [1.807, 2.05) is 6.92 Å². The Morgan fingerprint density at radius 1 is 1.36 bits per heavy atom. The van der Waals surface area contributed by atoms with Gasteiger partial charge in [0.15, 0.2) is 0 Å². The van der Waals surface area contributed by atoms with Gasteiger partial charge in [-0.1, -0.05) is 0 Å². The highest BCUT2D eigenvalue weighted by Gasteiger charge is 2.47. The molecule has 0 aromatic rings. The fourth-order valence-corrected chi connectivity index (χ4v) is 3.28. The van der Waals surface area contributed by atoms with Crippen molar-refractivity contribution >= 4 is 6.09 Å². The first kappa shape index (κ1) is 9.77. The van der Waals surface area contributed by atoms with E-state index in [2.05, 4.69) is 5.32 Å². The number of carboxylic acid groups (broad SMARTS) is 1. The second-order valence-corrected chi connectivity index (χ2v) is 5.04. The summed E-state index contributed by atoms with van der Waals surface area (Å²) in [5, 5.41) is 20.7. The summed E-state index contributed by atoms with van der Waals surface area (Å²) in [6, 6.07) is 0. The molecular formula is C10H17NO3. The molecular weight excluding hydrogens is 182 g/mol. The van der Waals surface area contributed by atoms with Crippen molar-refractivity contribution in [1.29, 1.82) is 0 Å². The largest absolute Gasteiger partial charge is 0.465 e. The van der Waals surface area contributed by atoms with Crippen molar-refractivity contribution in [2.75, 3.05) is 0 Å². The van der Waals surface area contributed by atoms with E-state index in [4.69, 9.17) is 5.11 Å². The molecule has 3 N–H and O–H groups in total. The van der Waals surface area contributed by atoms with Crippen LogP contribution >= 0.6 is 0 Å². The molecule has 4 atom stereocenters. The fourth-order valence-electron chi connectivity index (χ4n) is 3.28. The predicted octanol–water partition coefficient (Wildman–Crippen LogP) is 1.19. The summed E-state index contributed by atoms with van der Waals surface area (Å²) in [5.74, 6) is 1.03.